The number of aliphatic hydroxyl groups excluding tert-OH is 1. The van der Waals surface area contributed by atoms with Crippen LogP contribution in [0.4, 0.5) is 0 Å². The number of rotatable bonds is 13. The van der Waals surface area contributed by atoms with Gasteiger partial charge in [-0.1, -0.05) is 20.8 Å². The lowest BCUT2D eigenvalue weighted by Crippen LogP contribution is -2.44. The maximum Gasteiger partial charge on any atom is 0.311 e. The van der Waals surface area contributed by atoms with Gasteiger partial charge in [0.1, 0.15) is 25.4 Å². The van der Waals surface area contributed by atoms with E-state index in [0.29, 0.717) is 19.3 Å². The van der Waals surface area contributed by atoms with Gasteiger partial charge >= 0.3 is 11.9 Å². The summed E-state index contributed by atoms with van der Waals surface area (Å²) in [5.74, 6) is 0.898. The van der Waals surface area contributed by atoms with Crippen molar-refractivity contribution < 1.29 is 47.5 Å². The van der Waals surface area contributed by atoms with Crippen molar-refractivity contribution in [2.75, 3.05) is 19.8 Å². The highest BCUT2D eigenvalue weighted by atomic mass is 28.4. The van der Waals surface area contributed by atoms with E-state index in [-0.39, 0.29) is 67.3 Å². The Morgan fingerprint density at radius 2 is 1.17 bits per heavy atom. The summed E-state index contributed by atoms with van der Waals surface area (Å²) in [7, 11) is -1.92. The quantitative estimate of drug-likeness (QED) is 0.120. The van der Waals surface area contributed by atoms with E-state index >= 15 is 0 Å². The highest BCUT2D eigenvalue weighted by molar-refractivity contribution is 6.74. The maximum absolute atomic E-state index is 12.1. The second-order valence-electron chi connectivity index (χ2n) is 17.5. The molecule has 0 amide bonds. The first-order valence-electron chi connectivity index (χ1n) is 17.4. The Balaban J connectivity index is 0.000000524. The van der Waals surface area contributed by atoms with Crippen LogP contribution in [-0.2, 0) is 42.4 Å². The molecule has 2 heterocycles. The normalized spacial score (nSPS) is 24.6. The summed E-state index contributed by atoms with van der Waals surface area (Å²) in [6, 6.07) is 0. The van der Waals surface area contributed by atoms with Gasteiger partial charge < -0.3 is 38.0 Å². The molecule has 0 aromatic carbocycles. The number of carbonyl (C=O) groups is 2. The van der Waals surface area contributed by atoms with Crippen molar-refractivity contribution >= 4 is 20.3 Å². The lowest BCUT2D eigenvalue weighted by atomic mass is 9.97. The molecular formula is C37H68O10Si. The van der Waals surface area contributed by atoms with E-state index in [9.17, 15) is 9.59 Å². The van der Waals surface area contributed by atoms with Gasteiger partial charge in [0.15, 0.2) is 19.9 Å². The van der Waals surface area contributed by atoms with E-state index in [1.54, 1.807) is 0 Å². The predicted octanol–water partition coefficient (Wildman–Crippen LogP) is 7.16. The molecule has 10 nitrogen and oxygen atoms in total. The SMILES string of the molecule is C#CCC(CC[C@@H]1OC(C)(C)O[C@@H]1COC(=O)C(C)(C)C)O[Si](C)(C)C(C)(C)C.CC1(C)O[C@@H](CCCO)[C@@H](COC(=O)C(C)(C)C)O1. The minimum absolute atomic E-state index is 0.00835. The van der Waals surface area contributed by atoms with Crippen LogP contribution in [-0.4, -0.2) is 87.3 Å². The van der Waals surface area contributed by atoms with Crippen molar-refractivity contribution in [2.24, 2.45) is 10.8 Å². The largest absolute Gasteiger partial charge is 0.462 e. The van der Waals surface area contributed by atoms with Gasteiger partial charge in [-0.25, -0.2) is 0 Å². The zero-order valence-electron chi connectivity index (χ0n) is 32.7. The van der Waals surface area contributed by atoms with E-state index in [1.165, 1.54) is 0 Å². The molecule has 0 bridgehead atoms. The Hall–Kier alpha value is -1.52. The number of aliphatic hydroxyl groups is 1. The van der Waals surface area contributed by atoms with E-state index in [0.717, 1.165) is 12.8 Å². The van der Waals surface area contributed by atoms with Crippen molar-refractivity contribution in [3.8, 4) is 12.3 Å². The molecule has 48 heavy (non-hydrogen) atoms. The van der Waals surface area contributed by atoms with Crippen LogP contribution in [0.2, 0.25) is 18.1 Å². The monoisotopic (exact) mass is 700 g/mol. The molecule has 1 unspecified atom stereocenters. The van der Waals surface area contributed by atoms with Gasteiger partial charge in [-0.05, 0) is 113 Å². The molecule has 0 radical (unpaired) electrons. The second-order valence-corrected chi connectivity index (χ2v) is 22.2. The molecule has 0 saturated carbocycles. The molecule has 2 rings (SSSR count). The first-order chi connectivity index (χ1) is 21.6. The molecule has 280 valence electrons. The highest BCUT2D eigenvalue weighted by Gasteiger charge is 2.44. The van der Waals surface area contributed by atoms with Gasteiger partial charge in [0.25, 0.3) is 0 Å². The first-order valence-corrected chi connectivity index (χ1v) is 20.3. The van der Waals surface area contributed by atoms with Crippen molar-refractivity contribution in [1.82, 2.24) is 0 Å². The van der Waals surface area contributed by atoms with Gasteiger partial charge in [-0.15, -0.1) is 12.3 Å². The fraction of sp³-hybridized carbons (Fsp3) is 0.892. The molecule has 2 aliphatic rings. The summed E-state index contributed by atoms with van der Waals surface area (Å²) in [5, 5.41) is 9.01. The lowest BCUT2D eigenvalue weighted by molar-refractivity contribution is -0.165. The Morgan fingerprint density at radius 3 is 1.52 bits per heavy atom. The zero-order valence-corrected chi connectivity index (χ0v) is 33.7. The number of carbonyl (C=O) groups excluding carboxylic acids is 2. The average Bonchev–Trinajstić information content (AvgIpc) is 3.38. The van der Waals surface area contributed by atoms with E-state index in [2.05, 4.69) is 39.8 Å². The van der Waals surface area contributed by atoms with Crippen LogP contribution < -0.4 is 0 Å². The summed E-state index contributed by atoms with van der Waals surface area (Å²) >= 11 is 0. The van der Waals surface area contributed by atoms with Gasteiger partial charge in [0, 0.05) is 13.0 Å². The van der Waals surface area contributed by atoms with E-state index in [1.807, 2.05) is 69.2 Å². The molecule has 5 atom stereocenters. The molecule has 0 aliphatic carbocycles. The average molecular weight is 701 g/mol. The third-order valence-corrected chi connectivity index (χ3v) is 13.1. The summed E-state index contributed by atoms with van der Waals surface area (Å²) in [6.45, 7) is 30.1. The number of ether oxygens (including phenoxy) is 6. The minimum Gasteiger partial charge on any atom is -0.462 e. The summed E-state index contributed by atoms with van der Waals surface area (Å²) in [5.41, 5.74) is -1.06. The third kappa shape index (κ3) is 15.2. The molecule has 2 aliphatic heterocycles. The van der Waals surface area contributed by atoms with Gasteiger partial charge in [0.2, 0.25) is 0 Å². The summed E-state index contributed by atoms with van der Waals surface area (Å²) in [6.07, 6.45) is 8.16. The Morgan fingerprint density at radius 1 is 0.771 bits per heavy atom. The van der Waals surface area contributed by atoms with E-state index in [4.69, 9.17) is 44.4 Å². The minimum atomic E-state index is -1.92. The lowest BCUT2D eigenvalue weighted by Gasteiger charge is -2.39. The molecule has 0 spiro atoms. The Labute approximate surface area is 292 Å². The predicted molar refractivity (Wildman–Crippen MR) is 190 cm³/mol. The van der Waals surface area contributed by atoms with Gasteiger partial charge in [0.05, 0.1) is 29.1 Å². The van der Waals surface area contributed by atoms with Crippen LogP contribution in [0.3, 0.4) is 0 Å². The molecule has 2 saturated heterocycles. The maximum atomic E-state index is 12.1. The number of esters is 2. The zero-order chi connectivity index (χ0) is 37.4. The van der Waals surface area contributed by atoms with Crippen LogP contribution in [0.5, 0.6) is 0 Å². The van der Waals surface area contributed by atoms with Crippen LogP contribution in [0.25, 0.3) is 0 Å². The smallest absolute Gasteiger partial charge is 0.311 e. The second kappa shape index (κ2) is 17.6. The van der Waals surface area contributed by atoms with E-state index < -0.39 is 30.7 Å². The Bertz CT molecular complexity index is 1060. The number of hydrogen-bond donors (Lipinski definition) is 1. The highest BCUT2D eigenvalue weighted by Crippen LogP contribution is 2.39. The number of terminal acetylenes is 1. The molecule has 0 aromatic heterocycles. The number of hydrogen-bond acceptors (Lipinski definition) is 10. The third-order valence-electron chi connectivity index (χ3n) is 8.59. The van der Waals surface area contributed by atoms with Crippen LogP contribution >= 0.6 is 0 Å². The van der Waals surface area contributed by atoms with Crippen molar-refractivity contribution in [3.05, 3.63) is 0 Å². The molecule has 0 aromatic rings. The first kappa shape index (κ1) is 44.5. The topological polar surface area (TPSA) is 119 Å². The van der Waals surface area contributed by atoms with Crippen molar-refractivity contribution in [2.45, 2.75) is 182 Å². The van der Waals surface area contributed by atoms with Crippen molar-refractivity contribution in [1.29, 1.82) is 0 Å². The summed E-state index contributed by atoms with van der Waals surface area (Å²) < 4.78 is 40.9. The molecule has 2 fully saturated rings. The van der Waals surface area contributed by atoms with Crippen molar-refractivity contribution in [3.63, 3.8) is 0 Å². The van der Waals surface area contributed by atoms with Crippen LogP contribution in [0.1, 0.15) is 122 Å². The van der Waals surface area contributed by atoms with Crippen LogP contribution in [0.15, 0.2) is 0 Å². The Kier molecular flexibility index (Phi) is 16.3. The molecule has 1 N–H and O–H groups in total. The molecular weight excluding hydrogens is 632 g/mol. The standard InChI is InChI=1S/C23H42O5Si.C14H26O5/c1-12-13-17(28-29(10,11)22(5,6)7)14-15-18-19(27-23(8,9)26-18)16-25-20(24)21(2,3)4;1-13(2,3)12(16)17-9-11-10(7-6-8-15)18-14(4,5)19-11/h1,17-19H,13-16H2,2-11H3;10-11,15H,6-9H2,1-5H3/t17?,18-,19+;10-,11+/m00/s1. The van der Waals surface area contributed by atoms with Gasteiger partial charge in [-0.2, -0.15) is 0 Å². The fourth-order valence-corrected chi connectivity index (χ4v) is 6.30. The summed E-state index contributed by atoms with van der Waals surface area (Å²) in [4.78, 5) is 23.9. The molecule has 11 heteroatoms. The van der Waals surface area contributed by atoms with Crippen LogP contribution in [0, 0.1) is 23.2 Å². The van der Waals surface area contributed by atoms with Gasteiger partial charge in [-0.3, -0.25) is 9.59 Å². The fourth-order valence-electron chi connectivity index (χ4n) is 4.91.